The second-order valence-corrected chi connectivity index (χ2v) is 4.74. The quantitative estimate of drug-likeness (QED) is 0.629. The summed E-state index contributed by atoms with van der Waals surface area (Å²) in [6.45, 7) is 2.92. The third-order valence-corrected chi connectivity index (χ3v) is 3.37. The van der Waals surface area contributed by atoms with Gasteiger partial charge in [-0.15, -0.1) is 0 Å². The van der Waals surface area contributed by atoms with Crippen molar-refractivity contribution in [3.63, 3.8) is 0 Å². The molecule has 0 aliphatic carbocycles. The first kappa shape index (κ1) is 13.6. The number of nitrogens with one attached hydrogen (secondary N) is 2. The fourth-order valence-corrected chi connectivity index (χ4v) is 2.30. The number of ether oxygens (including phenoxy) is 1. The molecule has 104 valence electrons. The summed E-state index contributed by atoms with van der Waals surface area (Å²) in [6, 6.07) is 4.96. The van der Waals surface area contributed by atoms with Gasteiger partial charge in [0.2, 0.25) is 0 Å². The molecule has 0 spiro atoms. The number of nitrogens with zero attached hydrogens (tertiary/aromatic N) is 1. The lowest BCUT2D eigenvalue weighted by molar-refractivity contribution is -0.385. The van der Waals surface area contributed by atoms with Gasteiger partial charge in [0.15, 0.2) is 5.75 Å². The van der Waals surface area contributed by atoms with Gasteiger partial charge >= 0.3 is 5.69 Å². The molecular formula is C13H19N3O3. The van der Waals surface area contributed by atoms with Crippen LogP contribution in [0.15, 0.2) is 18.2 Å². The molecule has 2 rings (SSSR count). The van der Waals surface area contributed by atoms with Crippen LogP contribution in [0.25, 0.3) is 0 Å². The largest absolute Gasteiger partial charge is 0.490 e. The maximum atomic E-state index is 10.9. The van der Waals surface area contributed by atoms with Gasteiger partial charge in [0.05, 0.1) is 12.0 Å². The summed E-state index contributed by atoms with van der Waals surface area (Å²) < 4.78 is 4.98. The van der Waals surface area contributed by atoms with E-state index in [2.05, 4.69) is 10.6 Å². The van der Waals surface area contributed by atoms with Crippen LogP contribution in [0.2, 0.25) is 0 Å². The lowest BCUT2D eigenvalue weighted by atomic mass is 10.00. The first-order valence-corrected chi connectivity index (χ1v) is 6.47. The molecule has 0 aromatic heterocycles. The van der Waals surface area contributed by atoms with E-state index in [4.69, 9.17) is 4.74 Å². The number of nitro groups is 1. The standard InChI is InChI=1S/C13H19N3O3/c1-19-13-5-4-11(7-12(13)16(17)18)15-9-10-3-2-6-14-8-10/h4-5,7,10,14-15H,2-3,6,8-9H2,1H3. The highest BCUT2D eigenvalue weighted by molar-refractivity contribution is 5.58. The summed E-state index contributed by atoms with van der Waals surface area (Å²) in [6.07, 6.45) is 2.38. The second-order valence-electron chi connectivity index (χ2n) is 4.74. The minimum Gasteiger partial charge on any atom is -0.490 e. The van der Waals surface area contributed by atoms with E-state index in [9.17, 15) is 10.1 Å². The Morgan fingerprint density at radius 1 is 1.58 bits per heavy atom. The summed E-state index contributed by atoms with van der Waals surface area (Å²) in [4.78, 5) is 10.5. The lowest BCUT2D eigenvalue weighted by Crippen LogP contribution is -2.33. The van der Waals surface area contributed by atoms with Crippen LogP contribution >= 0.6 is 0 Å². The van der Waals surface area contributed by atoms with E-state index in [0.717, 1.165) is 25.3 Å². The highest BCUT2D eigenvalue weighted by Gasteiger charge is 2.16. The van der Waals surface area contributed by atoms with E-state index in [1.807, 2.05) is 6.07 Å². The fourth-order valence-electron chi connectivity index (χ4n) is 2.30. The topological polar surface area (TPSA) is 76.4 Å². The Kier molecular flexibility index (Phi) is 4.57. The first-order valence-electron chi connectivity index (χ1n) is 6.47. The Hall–Kier alpha value is -1.82. The van der Waals surface area contributed by atoms with E-state index in [1.165, 1.54) is 26.0 Å². The van der Waals surface area contributed by atoms with Crippen LogP contribution in [0.1, 0.15) is 12.8 Å². The fraction of sp³-hybridized carbons (Fsp3) is 0.538. The molecule has 1 aliphatic heterocycles. The number of piperidine rings is 1. The molecule has 19 heavy (non-hydrogen) atoms. The first-order chi connectivity index (χ1) is 9.20. The lowest BCUT2D eigenvalue weighted by Gasteiger charge is -2.23. The van der Waals surface area contributed by atoms with Crippen molar-refractivity contribution in [3.8, 4) is 5.75 Å². The van der Waals surface area contributed by atoms with Crippen LogP contribution in [0.4, 0.5) is 11.4 Å². The number of methoxy groups -OCH3 is 1. The van der Waals surface area contributed by atoms with Gasteiger partial charge in [0.1, 0.15) is 0 Å². The van der Waals surface area contributed by atoms with Gasteiger partial charge in [-0.2, -0.15) is 0 Å². The van der Waals surface area contributed by atoms with Crippen molar-refractivity contribution < 1.29 is 9.66 Å². The predicted molar refractivity (Wildman–Crippen MR) is 73.7 cm³/mol. The van der Waals surface area contributed by atoms with Gasteiger partial charge in [0.25, 0.3) is 0 Å². The molecule has 1 aromatic rings. The van der Waals surface area contributed by atoms with E-state index in [1.54, 1.807) is 6.07 Å². The summed E-state index contributed by atoms with van der Waals surface area (Å²) >= 11 is 0. The molecule has 1 atom stereocenters. The number of benzene rings is 1. The number of nitro benzene ring substituents is 1. The maximum Gasteiger partial charge on any atom is 0.312 e. The van der Waals surface area contributed by atoms with Gasteiger partial charge in [-0.3, -0.25) is 10.1 Å². The van der Waals surface area contributed by atoms with Crippen LogP contribution in [0, 0.1) is 16.0 Å². The van der Waals surface area contributed by atoms with E-state index < -0.39 is 4.92 Å². The monoisotopic (exact) mass is 265 g/mol. The molecule has 2 N–H and O–H groups in total. The Morgan fingerprint density at radius 2 is 2.42 bits per heavy atom. The molecular weight excluding hydrogens is 246 g/mol. The summed E-state index contributed by atoms with van der Waals surface area (Å²) in [7, 11) is 1.43. The number of rotatable bonds is 5. The van der Waals surface area contributed by atoms with Crippen molar-refractivity contribution in [2.45, 2.75) is 12.8 Å². The van der Waals surface area contributed by atoms with Crippen molar-refractivity contribution in [3.05, 3.63) is 28.3 Å². The molecule has 6 heteroatoms. The van der Waals surface area contributed by atoms with Crippen LogP contribution in [0.5, 0.6) is 5.75 Å². The SMILES string of the molecule is COc1ccc(NCC2CCCNC2)cc1[N+](=O)[O-]. The smallest absolute Gasteiger partial charge is 0.312 e. The van der Waals surface area contributed by atoms with E-state index in [0.29, 0.717) is 5.92 Å². The highest BCUT2D eigenvalue weighted by Crippen LogP contribution is 2.29. The third-order valence-electron chi connectivity index (χ3n) is 3.37. The molecule has 0 bridgehead atoms. The maximum absolute atomic E-state index is 10.9. The van der Waals surface area contributed by atoms with Crippen molar-refractivity contribution in [2.75, 3.05) is 32.1 Å². The Morgan fingerprint density at radius 3 is 3.05 bits per heavy atom. The Bertz CT molecular complexity index is 445. The zero-order valence-electron chi connectivity index (χ0n) is 11.0. The molecule has 0 saturated carbocycles. The van der Waals surface area contributed by atoms with Gasteiger partial charge in [0, 0.05) is 18.3 Å². The molecule has 0 radical (unpaired) electrons. The molecule has 1 aromatic carbocycles. The number of anilines is 1. The molecule has 0 amide bonds. The predicted octanol–water partition coefficient (Wildman–Crippen LogP) is 2.01. The number of hydrogen-bond donors (Lipinski definition) is 2. The van der Waals surface area contributed by atoms with Crippen LogP contribution < -0.4 is 15.4 Å². The van der Waals surface area contributed by atoms with Crippen molar-refractivity contribution in [1.82, 2.24) is 5.32 Å². The van der Waals surface area contributed by atoms with Crippen LogP contribution in [-0.2, 0) is 0 Å². The average Bonchev–Trinajstić information content (AvgIpc) is 2.46. The molecule has 1 heterocycles. The zero-order chi connectivity index (χ0) is 13.7. The molecule has 6 nitrogen and oxygen atoms in total. The Balaban J connectivity index is 2.00. The van der Waals surface area contributed by atoms with Crippen LogP contribution in [-0.4, -0.2) is 31.7 Å². The van der Waals surface area contributed by atoms with Gasteiger partial charge in [-0.25, -0.2) is 0 Å². The average molecular weight is 265 g/mol. The minimum atomic E-state index is -0.424. The van der Waals surface area contributed by atoms with Crippen molar-refractivity contribution >= 4 is 11.4 Å². The van der Waals surface area contributed by atoms with E-state index >= 15 is 0 Å². The second kappa shape index (κ2) is 6.38. The van der Waals surface area contributed by atoms with Crippen molar-refractivity contribution in [2.24, 2.45) is 5.92 Å². The molecule has 1 unspecified atom stereocenters. The minimum absolute atomic E-state index is 0.00531. The van der Waals surface area contributed by atoms with Crippen LogP contribution in [0.3, 0.4) is 0 Å². The summed E-state index contributed by atoms with van der Waals surface area (Å²) in [5.74, 6) is 0.866. The highest BCUT2D eigenvalue weighted by atomic mass is 16.6. The number of hydrogen-bond acceptors (Lipinski definition) is 5. The van der Waals surface area contributed by atoms with Gasteiger partial charge < -0.3 is 15.4 Å². The Labute approximate surface area is 112 Å². The third kappa shape index (κ3) is 3.57. The normalized spacial score (nSPS) is 18.9. The molecule has 1 saturated heterocycles. The molecule has 1 fully saturated rings. The summed E-state index contributed by atoms with van der Waals surface area (Å²) in [5, 5.41) is 17.5. The van der Waals surface area contributed by atoms with Gasteiger partial charge in [-0.1, -0.05) is 0 Å². The summed E-state index contributed by atoms with van der Waals surface area (Å²) in [5.41, 5.74) is 0.757. The molecule has 1 aliphatic rings. The zero-order valence-corrected chi connectivity index (χ0v) is 11.0. The van der Waals surface area contributed by atoms with Crippen molar-refractivity contribution in [1.29, 1.82) is 0 Å². The van der Waals surface area contributed by atoms with Gasteiger partial charge in [-0.05, 0) is 44.0 Å². The van der Waals surface area contributed by atoms with E-state index in [-0.39, 0.29) is 11.4 Å².